The minimum Gasteiger partial charge on any atom is -0.338 e. The van der Waals surface area contributed by atoms with Crippen LogP contribution in [-0.4, -0.2) is 56.6 Å². The van der Waals surface area contributed by atoms with Crippen LogP contribution in [0.4, 0.5) is 5.82 Å². The molecule has 4 rings (SSSR count). The Morgan fingerprint density at radius 3 is 2.74 bits per heavy atom. The van der Waals surface area contributed by atoms with E-state index in [9.17, 15) is 9.59 Å². The van der Waals surface area contributed by atoms with Gasteiger partial charge in [-0.25, -0.2) is 9.97 Å². The Balaban J connectivity index is 1.64. The highest BCUT2D eigenvalue weighted by Crippen LogP contribution is 2.36. The Kier molecular flexibility index (Phi) is 4.01. The van der Waals surface area contributed by atoms with Crippen molar-refractivity contribution in [2.24, 2.45) is 7.05 Å². The first-order valence-corrected chi connectivity index (χ1v) is 9.21. The molecule has 1 atom stereocenters. The maximum Gasteiger partial charge on any atom is 0.257 e. The average molecular weight is 368 g/mol. The molecule has 2 amide bonds. The lowest BCUT2D eigenvalue weighted by molar-refractivity contribution is -0.117. The van der Waals surface area contributed by atoms with Crippen LogP contribution in [0.5, 0.6) is 0 Å². The van der Waals surface area contributed by atoms with Crippen molar-refractivity contribution < 1.29 is 9.59 Å². The van der Waals surface area contributed by atoms with Crippen molar-refractivity contribution in [3.63, 3.8) is 0 Å². The molecule has 1 fully saturated rings. The van der Waals surface area contributed by atoms with Crippen molar-refractivity contribution in [1.29, 1.82) is 0 Å². The second-order valence-corrected chi connectivity index (χ2v) is 7.86. The third-order valence-electron chi connectivity index (χ3n) is 5.69. The topological polar surface area (TPSA) is 84.2 Å². The second-order valence-electron chi connectivity index (χ2n) is 7.86. The van der Waals surface area contributed by atoms with Crippen LogP contribution in [0.3, 0.4) is 0 Å². The first kappa shape index (κ1) is 17.6. The van der Waals surface area contributed by atoms with Gasteiger partial charge in [0.1, 0.15) is 11.6 Å². The summed E-state index contributed by atoms with van der Waals surface area (Å²) >= 11 is 0. The molecular weight excluding hydrogens is 344 g/mol. The Labute approximate surface area is 158 Å². The van der Waals surface area contributed by atoms with E-state index in [4.69, 9.17) is 9.97 Å². The Morgan fingerprint density at radius 1 is 1.26 bits per heavy atom. The number of nitrogens with zero attached hydrogens (tertiary/aromatic N) is 6. The molecule has 0 aromatic carbocycles. The normalized spacial score (nSPS) is 22.3. The van der Waals surface area contributed by atoms with E-state index in [1.54, 1.807) is 36.1 Å². The zero-order chi connectivity index (χ0) is 19.3. The van der Waals surface area contributed by atoms with Gasteiger partial charge < -0.3 is 4.90 Å². The number of fused-ring (bicyclic) bond motifs is 1. The van der Waals surface area contributed by atoms with Crippen LogP contribution in [0.15, 0.2) is 12.4 Å². The van der Waals surface area contributed by atoms with Crippen molar-refractivity contribution in [2.45, 2.75) is 38.5 Å². The van der Waals surface area contributed by atoms with Gasteiger partial charge in [-0.3, -0.25) is 19.2 Å². The first-order valence-electron chi connectivity index (χ1n) is 9.21. The van der Waals surface area contributed by atoms with Gasteiger partial charge in [-0.2, -0.15) is 5.10 Å². The number of anilines is 1. The fourth-order valence-corrected chi connectivity index (χ4v) is 4.03. The van der Waals surface area contributed by atoms with E-state index in [-0.39, 0.29) is 17.2 Å². The summed E-state index contributed by atoms with van der Waals surface area (Å²) in [6, 6.07) is 0. The molecule has 142 valence electrons. The fourth-order valence-electron chi connectivity index (χ4n) is 4.03. The number of hydrogen-bond acceptors (Lipinski definition) is 5. The number of carbonyl (C=O) groups excluding carboxylic acids is 2. The van der Waals surface area contributed by atoms with Gasteiger partial charge in [0.2, 0.25) is 5.91 Å². The van der Waals surface area contributed by atoms with E-state index in [2.05, 4.69) is 12.0 Å². The lowest BCUT2D eigenvalue weighted by Crippen LogP contribution is -2.48. The largest absolute Gasteiger partial charge is 0.338 e. The molecule has 8 nitrogen and oxygen atoms in total. The molecule has 0 unspecified atom stereocenters. The number of rotatable bonds is 2. The zero-order valence-corrected chi connectivity index (χ0v) is 16.2. The standard InChI is InChI=1S/C19H24N6O2/c1-12-14-8-15(26)24(4)16(14)22-18(21-12)19(2)6-5-7-25(11-19)17(27)13-9-20-23(3)10-13/h9-10H,5-8,11H2,1-4H3/t19-/m1/s1. The van der Waals surface area contributed by atoms with Gasteiger partial charge in [0, 0.05) is 50.1 Å². The molecule has 8 heteroatoms. The molecule has 27 heavy (non-hydrogen) atoms. The van der Waals surface area contributed by atoms with E-state index < -0.39 is 0 Å². The molecule has 0 spiro atoms. The number of likely N-dealkylation sites (tertiary alicyclic amines) is 1. The number of aromatic nitrogens is 4. The molecule has 4 heterocycles. The quantitative estimate of drug-likeness (QED) is 0.796. The van der Waals surface area contributed by atoms with E-state index >= 15 is 0 Å². The van der Waals surface area contributed by atoms with Crippen molar-refractivity contribution in [3.8, 4) is 0 Å². The summed E-state index contributed by atoms with van der Waals surface area (Å²) in [4.78, 5) is 37.9. The molecule has 2 aliphatic heterocycles. The summed E-state index contributed by atoms with van der Waals surface area (Å²) < 4.78 is 1.64. The minimum absolute atomic E-state index is 0.0146. The van der Waals surface area contributed by atoms with Crippen LogP contribution in [0, 0.1) is 6.92 Å². The fraction of sp³-hybridized carbons (Fsp3) is 0.526. The number of carbonyl (C=O) groups is 2. The number of hydrogen-bond donors (Lipinski definition) is 0. The first-order chi connectivity index (χ1) is 12.8. The van der Waals surface area contributed by atoms with Gasteiger partial charge in [0.15, 0.2) is 0 Å². The van der Waals surface area contributed by atoms with Crippen LogP contribution in [0.2, 0.25) is 0 Å². The highest BCUT2D eigenvalue weighted by atomic mass is 16.2. The SMILES string of the molecule is Cc1nc([C@]2(C)CCCN(C(=O)c3cnn(C)c3)C2)nc2c1CC(=O)N2C. The maximum absolute atomic E-state index is 12.9. The van der Waals surface area contributed by atoms with Crippen LogP contribution in [0.25, 0.3) is 0 Å². The molecule has 2 aromatic heterocycles. The van der Waals surface area contributed by atoms with Crippen molar-refractivity contribution in [1.82, 2.24) is 24.6 Å². The lowest BCUT2D eigenvalue weighted by atomic mass is 9.80. The number of aryl methyl sites for hydroxylation is 2. The zero-order valence-electron chi connectivity index (χ0n) is 16.2. The number of likely N-dealkylation sites (N-methyl/N-ethyl adjacent to an activating group) is 1. The minimum atomic E-state index is -0.345. The summed E-state index contributed by atoms with van der Waals surface area (Å²) in [6.07, 6.45) is 5.49. The van der Waals surface area contributed by atoms with Crippen LogP contribution < -0.4 is 4.90 Å². The van der Waals surface area contributed by atoms with Gasteiger partial charge in [0.05, 0.1) is 18.2 Å². The molecular formula is C19H24N6O2. The van der Waals surface area contributed by atoms with Crippen molar-refractivity contribution >= 4 is 17.6 Å². The molecule has 2 aliphatic rings. The highest BCUT2D eigenvalue weighted by Gasteiger charge is 2.39. The highest BCUT2D eigenvalue weighted by molar-refractivity contribution is 6.00. The van der Waals surface area contributed by atoms with E-state index in [1.165, 1.54) is 0 Å². The lowest BCUT2D eigenvalue weighted by Gasteiger charge is -2.39. The molecule has 2 aromatic rings. The van der Waals surface area contributed by atoms with Crippen LogP contribution in [-0.2, 0) is 23.7 Å². The molecule has 0 bridgehead atoms. The monoisotopic (exact) mass is 368 g/mol. The summed E-state index contributed by atoms with van der Waals surface area (Å²) in [6.45, 7) is 5.30. The van der Waals surface area contributed by atoms with Crippen molar-refractivity contribution in [2.75, 3.05) is 25.0 Å². The third kappa shape index (κ3) is 2.89. The van der Waals surface area contributed by atoms with E-state index in [0.29, 0.717) is 36.7 Å². The van der Waals surface area contributed by atoms with Crippen LogP contribution in [0.1, 0.15) is 47.2 Å². The molecule has 1 saturated heterocycles. The Hall–Kier alpha value is -2.77. The Morgan fingerprint density at radius 2 is 2.04 bits per heavy atom. The maximum atomic E-state index is 12.9. The Bertz CT molecular complexity index is 936. The summed E-state index contributed by atoms with van der Waals surface area (Å²) in [5, 5.41) is 4.10. The summed E-state index contributed by atoms with van der Waals surface area (Å²) in [5.74, 6) is 1.45. The summed E-state index contributed by atoms with van der Waals surface area (Å²) in [5.41, 5.74) is 2.01. The van der Waals surface area contributed by atoms with Gasteiger partial charge in [0.25, 0.3) is 5.91 Å². The average Bonchev–Trinajstić information content (AvgIpc) is 3.19. The van der Waals surface area contributed by atoms with Gasteiger partial charge in [-0.05, 0) is 19.8 Å². The molecule has 0 saturated carbocycles. The van der Waals surface area contributed by atoms with Crippen molar-refractivity contribution in [3.05, 3.63) is 35.0 Å². The molecule has 0 aliphatic carbocycles. The number of piperidine rings is 1. The third-order valence-corrected chi connectivity index (χ3v) is 5.69. The van der Waals surface area contributed by atoms with Gasteiger partial charge in [-0.15, -0.1) is 0 Å². The second kappa shape index (κ2) is 6.14. The summed E-state index contributed by atoms with van der Waals surface area (Å²) in [7, 11) is 3.56. The van der Waals surface area contributed by atoms with E-state index in [1.807, 2.05) is 11.8 Å². The molecule has 0 radical (unpaired) electrons. The van der Waals surface area contributed by atoms with Crippen LogP contribution >= 0.6 is 0 Å². The van der Waals surface area contributed by atoms with Gasteiger partial charge >= 0.3 is 0 Å². The van der Waals surface area contributed by atoms with Gasteiger partial charge in [-0.1, -0.05) is 6.92 Å². The number of amides is 2. The predicted octanol–water partition coefficient (Wildman–Crippen LogP) is 1.23. The predicted molar refractivity (Wildman–Crippen MR) is 99.6 cm³/mol. The van der Waals surface area contributed by atoms with E-state index in [0.717, 1.165) is 24.1 Å². The molecule has 0 N–H and O–H groups in total. The smallest absolute Gasteiger partial charge is 0.257 e.